The number of rotatable bonds is 4. The van der Waals surface area contributed by atoms with E-state index in [9.17, 15) is 9.59 Å². The van der Waals surface area contributed by atoms with Crippen molar-refractivity contribution in [3.8, 4) is 0 Å². The minimum Gasteiger partial charge on any atom is -0.381 e. The lowest BCUT2D eigenvalue weighted by Crippen LogP contribution is -2.38. The number of amides is 1. The Balaban J connectivity index is 2.22. The molecule has 19 heavy (non-hydrogen) atoms. The highest BCUT2D eigenvalue weighted by Crippen LogP contribution is 2.31. The van der Waals surface area contributed by atoms with Crippen molar-refractivity contribution < 1.29 is 9.53 Å². The fourth-order valence-electron chi connectivity index (χ4n) is 2.32. The summed E-state index contributed by atoms with van der Waals surface area (Å²) in [6.07, 6.45) is 4.09. The molecule has 1 fully saturated rings. The van der Waals surface area contributed by atoms with Crippen LogP contribution in [-0.4, -0.2) is 23.7 Å². The number of hydrogen-bond acceptors (Lipinski definition) is 3. The zero-order valence-corrected chi connectivity index (χ0v) is 12.6. The molecule has 1 aliphatic carbocycles. The summed E-state index contributed by atoms with van der Waals surface area (Å²) in [7, 11) is 1.70. The van der Waals surface area contributed by atoms with E-state index in [0.29, 0.717) is 18.2 Å². The summed E-state index contributed by atoms with van der Waals surface area (Å²) < 4.78 is 7.74. The van der Waals surface area contributed by atoms with Crippen LogP contribution in [-0.2, 0) is 16.1 Å². The van der Waals surface area contributed by atoms with Gasteiger partial charge in [-0.3, -0.25) is 9.59 Å². The van der Waals surface area contributed by atoms with Gasteiger partial charge in [-0.2, -0.15) is 0 Å². The number of aromatic nitrogens is 1. The first-order valence-electron chi connectivity index (χ1n) is 6.21. The van der Waals surface area contributed by atoms with Gasteiger partial charge in [-0.1, -0.05) is 0 Å². The molecule has 1 amide bonds. The zero-order chi connectivity index (χ0) is 14.0. The normalized spacial score (nSPS) is 21.8. The summed E-state index contributed by atoms with van der Waals surface area (Å²) in [5, 5.41) is 2.56. The van der Waals surface area contributed by atoms with Crippen molar-refractivity contribution in [3.63, 3.8) is 0 Å². The van der Waals surface area contributed by atoms with E-state index < -0.39 is 0 Å². The van der Waals surface area contributed by atoms with Crippen LogP contribution in [0.1, 0.15) is 19.8 Å². The van der Waals surface area contributed by atoms with Gasteiger partial charge >= 0.3 is 0 Å². The van der Waals surface area contributed by atoms with Crippen LogP contribution in [0.25, 0.3) is 0 Å². The summed E-state index contributed by atoms with van der Waals surface area (Å²) in [5.41, 5.74) is 0.121. The number of pyridine rings is 1. The molecule has 1 heterocycles. The summed E-state index contributed by atoms with van der Waals surface area (Å²) in [5.74, 6) is 0.113. The number of halogens is 1. The standard InChI is InChI=1S/C13H17BrN2O3/c1-8(17)15-11-5-10(14)7-16(13(11)18)6-9-3-4-12(9)19-2/h5,7,9,12H,3-4,6H2,1-2H3,(H,15,17). The maximum absolute atomic E-state index is 12.2. The van der Waals surface area contributed by atoms with Crippen LogP contribution in [0.2, 0.25) is 0 Å². The molecule has 2 unspecified atom stereocenters. The van der Waals surface area contributed by atoms with Crippen LogP contribution in [0.15, 0.2) is 21.5 Å². The lowest BCUT2D eigenvalue weighted by atomic mass is 9.81. The van der Waals surface area contributed by atoms with Gasteiger partial charge in [-0.25, -0.2) is 0 Å². The fourth-order valence-corrected chi connectivity index (χ4v) is 2.80. The van der Waals surface area contributed by atoms with Crippen molar-refractivity contribution in [1.29, 1.82) is 0 Å². The van der Waals surface area contributed by atoms with Crippen molar-refractivity contribution in [3.05, 3.63) is 27.1 Å². The first-order valence-corrected chi connectivity index (χ1v) is 7.01. The predicted molar refractivity (Wildman–Crippen MR) is 76.2 cm³/mol. The number of ether oxygens (including phenoxy) is 1. The molecule has 2 rings (SSSR count). The van der Waals surface area contributed by atoms with Crippen molar-refractivity contribution in [2.75, 3.05) is 12.4 Å². The third-order valence-electron chi connectivity index (χ3n) is 3.45. The molecule has 1 aromatic rings. The van der Waals surface area contributed by atoms with E-state index in [0.717, 1.165) is 17.3 Å². The number of nitrogens with one attached hydrogen (secondary N) is 1. The Kier molecular flexibility index (Phi) is 4.42. The second-order valence-corrected chi connectivity index (χ2v) is 5.74. The predicted octanol–water partition coefficient (Wildman–Crippen LogP) is 1.99. The molecule has 0 bridgehead atoms. The molecule has 2 atom stereocenters. The first-order chi connectivity index (χ1) is 9.01. The second-order valence-electron chi connectivity index (χ2n) is 4.82. The van der Waals surface area contributed by atoms with E-state index in [1.165, 1.54) is 6.92 Å². The molecule has 0 saturated heterocycles. The Hall–Kier alpha value is -1.14. The van der Waals surface area contributed by atoms with E-state index in [2.05, 4.69) is 21.2 Å². The third-order valence-corrected chi connectivity index (χ3v) is 3.88. The van der Waals surface area contributed by atoms with Gasteiger partial charge in [0.1, 0.15) is 5.69 Å². The largest absolute Gasteiger partial charge is 0.381 e. The van der Waals surface area contributed by atoms with Crippen LogP contribution < -0.4 is 10.9 Å². The molecule has 1 saturated carbocycles. The number of carbonyl (C=O) groups excluding carboxylic acids is 1. The number of anilines is 1. The molecule has 0 aliphatic heterocycles. The SMILES string of the molecule is COC1CCC1Cn1cc(Br)cc(NC(C)=O)c1=O. The fraction of sp³-hybridized carbons (Fsp3) is 0.538. The van der Waals surface area contributed by atoms with Crippen molar-refractivity contribution >= 4 is 27.5 Å². The van der Waals surface area contributed by atoms with Crippen molar-refractivity contribution in [2.45, 2.75) is 32.4 Å². The Labute approximate surface area is 120 Å². The van der Waals surface area contributed by atoms with Gasteiger partial charge < -0.3 is 14.6 Å². The van der Waals surface area contributed by atoms with E-state index in [4.69, 9.17) is 4.74 Å². The number of nitrogens with zero attached hydrogens (tertiary/aromatic N) is 1. The van der Waals surface area contributed by atoms with Crippen molar-refractivity contribution in [1.82, 2.24) is 4.57 Å². The van der Waals surface area contributed by atoms with Crippen LogP contribution in [0.4, 0.5) is 5.69 Å². The minimum atomic E-state index is -0.250. The van der Waals surface area contributed by atoms with E-state index in [1.807, 2.05) is 0 Å². The van der Waals surface area contributed by atoms with Crippen LogP contribution in [0.5, 0.6) is 0 Å². The summed E-state index contributed by atoms with van der Waals surface area (Å²) in [6, 6.07) is 1.62. The Bertz CT molecular complexity index is 539. The second kappa shape index (κ2) is 5.88. The number of methoxy groups -OCH3 is 1. The topological polar surface area (TPSA) is 60.3 Å². The lowest BCUT2D eigenvalue weighted by Gasteiger charge is -2.35. The highest BCUT2D eigenvalue weighted by molar-refractivity contribution is 9.10. The molecule has 1 aromatic heterocycles. The van der Waals surface area contributed by atoms with Crippen molar-refractivity contribution in [2.24, 2.45) is 5.92 Å². The molecule has 1 N–H and O–H groups in total. The van der Waals surface area contributed by atoms with Crippen LogP contribution in [0.3, 0.4) is 0 Å². The monoisotopic (exact) mass is 328 g/mol. The van der Waals surface area contributed by atoms with E-state index >= 15 is 0 Å². The molecule has 0 radical (unpaired) electrons. The van der Waals surface area contributed by atoms with Gasteiger partial charge in [-0.05, 0) is 34.8 Å². The number of carbonyl (C=O) groups is 1. The Morgan fingerprint density at radius 3 is 2.84 bits per heavy atom. The molecular formula is C13H17BrN2O3. The smallest absolute Gasteiger partial charge is 0.274 e. The molecule has 0 aromatic carbocycles. The van der Waals surface area contributed by atoms with E-state index in [-0.39, 0.29) is 17.6 Å². The zero-order valence-electron chi connectivity index (χ0n) is 11.0. The molecular weight excluding hydrogens is 312 g/mol. The van der Waals surface area contributed by atoms with Gasteiger partial charge in [0.2, 0.25) is 5.91 Å². The van der Waals surface area contributed by atoms with Gasteiger partial charge in [-0.15, -0.1) is 0 Å². The first kappa shape index (κ1) is 14.3. The average Bonchev–Trinajstić information content (AvgIpc) is 2.30. The van der Waals surface area contributed by atoms with Gasteiger partial charge in [0.15, 0.2) is 0 Å². The quantitative estimate of drug-likeness (QED) is 0.919. The van der Waals surface area contributed by atoms with Gasteiger partial charge in [0.05, 0.1) is 6.10 Å². The Morgan fingerprint density at radius 2 is 2.32 bits per heavy atom. The maximum atomic E-state index is 12.2. The third kappa shape index (κ3) is 3.25. The highest BCUT2D eigenvalue weighted by Gasteiger charge is 2.31. The highest BCUT2D eigenvalue weighted by atomic mass is 79.9. The summed E-state index contributed by atoms with van der Waals surface area (Å²) in [4.78, 5) is 23.3. The molecule has 1 aliphatic rings. The van der Waals surface area contributed by atoms with Crippen LogP contribution >= 0.6 is 15.9 Å². The minimum absolute atomic E-state index is 0.180. The summed E-state index contributed by atoms with van der Waals surface area (Å²) in [6.45, 7) is 2.00. The Morgan fingerprint density at radius 1 is 1.58 bits per heavy atom. The molecule has 6 heteroatoms. The van der Waals surface area contributed by atoms with Crippen LogP contribution in [0, 0.1) is 5.92 Å². The van der Waals surface area contributed by atoms with E-state index in [1.54, 1.807) is 23.9 Å². The van der Waals surface area contributed by atoms with Gasteiger partial charge in [0.25, 0.3) is 5.56 Å². The van der Waals surface area contributed by atoms with Gasteiger partial charge in [0, 0.05) is 37.2 Å². The molecule has 5 nitrogen and oxygen atoms in total. The summed E-state index contributed by atoms with van der Waals surface area (Å²) >= 11 is 3.36. The number of hydrogen-bond donors (Lipinski definition) is 1. The molecule has 104 valence electrons. The molecule has 0 spiro atoms. The maximum Gasteiger partial charge on any atom is 0.274 e. The lowest BCUT2D eigenvalue weighted by molar-refractivity contribution is -0.114. The average molecular weight is 329 g/mol.